The van der Waals surface area contributed by atoms with Crippen molar-refractivity contribution in [1.82, 2.24) is 4.98 Å². The lowest BCUT2D eigenvalue weighted by Crippen LogP contribution is -1.82. The van der Waals surface area contributed by atoms with Crippen LogP contribution < -0.4 is 0 Å². The molecule has 0 N–H and O–H groups in total. The number of aromatic nitrogens is 1. The number of rotatable bonds is 2. The Hall–Kier alpha value is -1.29. The molecule has 0 aliphatic heterocycles. The average molecular weight is 145 g/mol. The Labute approximate surface area is 67.5 Å². The molecule has 0 saturated carbocycles. The summed E-state index contributed by atoms with van der Waals surface area (Å²) in [5.41, 5.74) is 1.31. The van der Waals surface area contributed by atoms with Crippen molar-refractivity contribution in [2.24, 2.45) is 0 Å². The first-order valence-corrected chi connectivity index (χ1v) is 3.72. The van der Waals surface area contributed by atoms with Crippen LogP contribution in [0.4, 0.5) is 0 Å². The highest BCUT2D eigenvalue weighted by Gasteiger charge is 1.87. The second kappa shape index (κ2) is 4.51. The molecule has 1 aromatic heterocycles. The molecule has 0 fully saturated rings. The van der Waals surface area contributed by atoms with Crippen LogP contribution in [0.3, 0.4) is 0 Å². The van der Waals surface area contributed by atoms with Crippen LogP contribution in [0.5, 0.6) is 0 Å². The number of hydrogen-bond acceptors (Lipinski definition) is 1. The molecule has 0 saturated heterocycles. The van der Waals surface area contributed by atoms with Crippen molar-refractivity contribution in [2.45, 2.75) is 19.8 Å². The largest absolute Gasteiger partial charge is 0.265 e. The summed E-state index contributed by atoms with van der Waals surface area (Å²) in [5, 5.41) is 0. The van der Waals surface area contributed by atoms with Gasteiger partial charge in [-0.05, 0) is 31.0 Å². The molecule has 0 aromatic carbocycles. The molecule has 0 spiro atoms. The van der Waals surface area contributed by atoms with E-state index in [4.69, 9.17) is 0 Å². The van der Waals surface area contributed by atoms with E-state index in [2.05, 4.69) is 16.8 Å². The molecule has 0 aliphatic carbocycles. The highest BCUT2D eigenvalue weighted by atomic mass is 14.6. The van der Waals surface area contributed by atoms with Gasteiger partial charge in [-0.1, -0.05) is 0 Å². The van der Waals surface area contributed by atoms with Crippen molar-refractivity contribution in [3.8, 4) is 11.8 Å². The third kappa shape index (κ3) is 2.86. The van der Waals surface area contributed by atoms with Crippen molar-refractivity contribution in [3.63, 3.8) is 0 Å². The lowest BCUT2D eigenvalue weighted by atomic mass is 10.1. The molecule has 1 nitrogen and oxygen atoms in total. The number of aryl methyl sites for hydroxylation is 1. The minimum absolute atomic E-state index is 0.945. The molecule has 0 amide bonds. The van der Waals surface area contributed by atoms with E-state index in [0.717, 1.165) is 12.8 Å². The van der Waals surface area contributed by atoms with Gasteiger partial charge in [-0.15, -0.1) is 11.8 Å². The summed E-state index contributed by atoms with van der Waals surface area (Å²) in [4.78, 5) is 3.94. The van der Waals surface area contributed by atoms with Gasteiger partial charge in [-0.3, -0.25) is 4.98 Å². The molecule has 1 aromatic rings. The Morgan fingerprint density at radius 2 is 2.09 bits per heavy atom. The molecule has 11 heavy (non-hydrogen) atoms. The average Bonchev–Trinajstić information content (AvgIpc) is 2.07. The van der Waals surface area contributed by atoms with Crippen molar-refractivity contribution < 1.29 is 0 Å². The number of pyridine rings is 1. The Bertz CT molecular complexity index is 253. The normalized spacial score (nSPS) is 8.45. The Morgan fingerprint density at radius 3 is 2.73 bits per heavy atom. The molecular weight excluding hydrogens is 134 g/mol. The SMILES string of the molecule is CC#CCCc1ccncc1. The fraction of sp³-hybridized carbons (Fsp3) is 0.300. The van der Waals surface area contributed by atoms with Gasteiger partial charge in [-0.25, -0.2) is 0 Å². The van der Waals surface area contributed by atoms with Gasteiger partial charge in [0.25, 0.3) is 0 Å². The Balaban J connectivity index is 2.43. The smallest absolute Gasteiger partial charge is 0.0270 e. The highest BCUT2D eigenvalue weighted by Crippen LogP contribution is 1.99. The zero-order chi connectivity index (χ0) is 7.94. The molecular formula is C10H11N. The van der Waals surface area contributed by atoms with Gasteiger partial charge in [0, 0.05) is 18.8 Å². The third-order valence-corrected chi connectivity index (χ3v) is 1.46. The predicted molar refractivity (Wildman–Crippen MR) is 46.0 cm³/mol. The monoisotopic (exact) mass is 145 g/mol. The number of hydrogen-bond donors (Lipinski definition) is 0. The van der Waals surface area contributed by atoms with E-state index >= 15 is 0 Å². The predicted octanol–water partition coefficient (Wildman–Crippen LogP) is 2.04. The van der Waals surface area contributed by atoms with E-state index in [0.29, 0.717) is 0 Å². The van der Waals surface area contributed by atoms with Crippen molar-refractivity contribution in [2.75, 3.05) is 0 Å². The minimum atomic E-state index is 0.945. The van der Waals surface area contributed by atoms with Gasteiger partial charge in [0.05, 0.1) is 0 Å². The second-order valence-electron chi connectivity index (χ2n) is 2.28. The Morgan fingerprint density at radius 1 is 1.36 bits per heavy atom. The van der Waals surface area contributed by atoms with Crippen LogP contribution in [-0.2, 0) is 6.42 Å². The summed E-state index contributed by atoms with van der Waals surface area (Å²) in [5.74, 6) is 5.90. The van der Waals surface area contributed by atoms with E-state index in [1.54, 1.807) is 0 Å². The van der Waals surface area contributed by atoms with Crippen molar-refractivity contribution in [1.29, 1.82) is 0 Å². The van der Waals surface area contributed by atoms with E-state index in [-0.39, 0.29) is 0 Å². The molecule has 1 heteroatoms. The Kier molecular flexibility index (Phi) is 3.21. The van der Waals surface area contributed by atoms with Gasteiger partial charge < -0.3 is 0 Å². The molecule has 0 unspecified atom stereocenters. The fourth-order valence-corrected chi connectivity index (χ4v) is 0.881. The third-order valence-electron chi connectivity index (χ3n) is 1.46. The first-order valence-electron chi connectivity index (χ1n) is 3.72. The van der Waals surface area contributed by atoms with E-state index in [9.17, 15) is 0 Å². The van der Waals surface area contributed by atoms with Crippen LogP contribution in [0.1, 0.15) is 18.9 Å². The van der Waals surface area contributed by atoms with Crippen LogP contribution in [-0.4, -0.2) is 4.98 Å². The zero-order valence-electron chi connectivity index (χ0n) is 6.67. The quantitative estimate of drug-likeness (QED) is 0.580. The summed E-state index contributed by atoms with van der Waals surface area (Å²) in [6.07, 6.45) is 5.60. The van der Waals surface area contributed by atoms with Crippen molar-refractivity contribution >= 4 is 0 Å². The molecule has 0 aliphatic rings. The van der Waals surface area contributed by atoms with Crippen LogP contribution in [0.25, 0.3) is 0 Å². The summed E-state index contributed by atoms with van der Waals surface area (Å²) in [6.45, 7) is 1.87. The van der Waals surface area contributed by atoms with Gasteiger partial charge in [-0.2, -0.15) is 0 Å². The zero-order valence-corrected chi connectivity index (χ0v) is 6.67. The summed E-state index contributed by atoms with van der Waals surface area (Å²) in [6, 6.07) is 4.05. The molecule has 0 atom stereocenters. The van der Waals surface area contributed by atoms with Crippen molar-refractivity contribution in [3.05, 3.63) is 30.1 Å². The van der Waals surface area contributed by atoms with Gasteiger partial charge in [0.2, 0.25) is 0 Å². The molecule has 0 radical (unpaired) electrons. The van der Waals surface area contributed by atoms with Gasteiger partial charge in [0.1, 0.15) is 0 Å². The standard InChI is InChI=1S/C10H11N/c1-2-3-4-5-10-6-8-11-9-7-10/h6-9H,4-5H2,1H3. The highest BCUT2D eigenvalue weighted by molar-refractivity contribution is 5.11. The molecule has 56 valence electrons. The fourth-order valence-electron chi connectivity index (χ4n) is 0.881. The molecule has 1 rings (SSSR count). The molecule has 0 bridgehead atoms. The van der Waals surface area contributed by atoms with Crippen LogP contribution >= 0.6 is 0 Å². The second-order valence-corrected chi connectivity index (χ2v) is 2.28. The van der Waals surface area contributed by atoms with Gasteiger partial charge >= 0.3 is 0 Å². The van der Waals surface area contributed by atoms with Crippen LogP contribution in [0.15, 0.2) is 24.5 Å². The van der Waals surface area contributed by atoms with E-state index in [1.807, 2.05) is 31.5 Å². The lowest BCUT2D eigenvalue weighted by Gasteiger charge is -1.93. The minimum Gasteiger partial charge on any atom is -0.265 e. The maximum atomic E-state index is 3.94. The van der Waals surface area contributed by atoms with E-state index in [1.165, 1.54) is 5.56 Å². The summed E-state index contributed by atoms with van der Waals surface area (Å²) < 4.78 is 0. The lowest BCUT2D eigenvalue weighted by molar-refractivity contribution is 1.02. The van der Waals surface area contributed by atoms with Crippen LogP contribution in [0.2, 0.25) is 0 Å². The maximum Gasteiger partial charge on any atom is 0.0270 e. The number of nitrogens with zero attached hydrogens (tertiary/aromatic N) is 1. The van der Waals surface area contributed by atoms with Crippen LogP contribution in [0, 0.1) is 11.8 Å². The topological polar surface area (TPSA) is 12.9 Å². The summed E-state index contributed by atoms with van der Waals surface area (Å²) >= 11 is 0. The summed E-state index contributed by atoms with van der Waals surface area (Å²) in [7, 11) is 0. The molecule has 1 heterocycles. The maximum absolute atomic E-state index is 3.94. The van der Waals surface area contributed by atoms with Gasteiger partial charge in [0.15, 0.2) is 0 Å². The van der Waals surface area contributed by atoms with E-state index < -0.39 is 0 Å². The first-order chi connectivity index (χ1) is 5.43. The first kappa shape index (κ1) is 7.81.